The van der Waals surface area contributed by atoms with Gasteiger partial charge in [0.1, 0.15) is 5.69 Å². The first-order valence-electron chi connectivity index (χ1n) is 12.5. The van der Waals surface area contributed by atoms with Crippen molar-refractivity contribution in [2.45, 2.75) is 22.9 Å². The van der Waals surface area contributed by atoms with Crippen molar-refractivity contribution < 1.29 is 18.0 Å². The Morgan fingerprint density at radius 3 is 2.10 bits per heavy atom. The number of carbonyl (C=O) groups excluding carboxylic acids is 2. The number of amides is 2. The van der Waals surface area contributed by atoms with E-state index in [9.17, 15) is 18.0 Å². The van der Waals surface area contributed by atoms with Gasteiger partial charge in [-0.2, -0.15) is 0 Å². The Hall–Kier alpha value is -4.94. The molecule has 0 aliphatic heterocycles. The number of primary amides is 1. The lowest BCUT2D eigenvalue weighted by molar-refractivity contribution is 0.0948. The number of carbonyl (C=O) groups is 2. The Morgan fingerprint density at radius 2 is 1.54 bits per heavy atom. The molecule has 0 aliphatic carbocycles. The predicted octanol–water partition coefficient (Wildman–Crippen LogP) is 2.73. The van der Waals surface area contributed by atoms with Gasteiger partial charge in [-0.05, 0) is 61.6 Å². The number of aromatic nitrogens is 4. The molecule has 12 heteroatoms. The van der Waals surface area contributed by atoms with Gasteiger partial charge in [0.05, 0.1) is 15.4 Å². The second-order valence-electron chi connectivity index (χ2n) is 9.27. The molecule has 3 N–H and O–H groups in total. The molecule has 0 radical (unpaired) electrons. The monoisotopic (exact) mass is 571 g/mol. The minimum Gasteiger partial charge on any atom is -0.364 e. The lowest BCUT2D eigenvalue weighted by atomic mass is 10.2. The zero-order chi connectivity index (χ0) is 29.4. The topological polar surface area (TPSA) is 153 Å². The van der Waals surface area contributed by atoms with Crippen LogP contribution in [0.5, 0.6) is 0 Å². The van der Waals surface area contributed by atoms with Crippen molar-refractivity contribution in [1.82, 2.24) is 29.6 Å². The molecule has 0 saturated carbocycles. The van der Waals surface area contributed by atoms with Gasteiger partial charge in [-0.1, -0.05) is 30.3 Å². The van der Waals surface area contributed by atoms with Crippen LogP contribution in [0.25, 0.3) is 5.78 Å². The summed E-state index contributed by atoms with van der Waals surface area (Å²) in [5, 5.41) is 2.82. The Morgan fingerprint density at radius 1 is 0.878 bits per heavy atom. The van der Waals surface area contributed by atoms with Gasteiger partial charge in [-0.25, -0.2) is 18.4 Å². The minimum atomic E-state index is -3.61. The second kappa shape index (κ2) is 12.9. The molecule has 5 rings (SSSR count). The van der Waals surface area contributed by atoms with E-state index < -0.39 is 15.7 Å². The summed E-state index contributed by atoms with van der Waals surface area (Å²) >= 11 is 0. The van der Waals surface area contributed by atoms with Crippen LogP contribution in [0.4, 0.5) is 0 Å². The molecule has 0 fully saturated rings. The molecule has 0 spiro atoms. The third kappa shape index (κ3) is 7.59. The van der Waals surface area contributed by atoms with E-state index >= 15 is 0 Å². The van der Waals surface area contributed by atoms with Crippen LogP contribution in [0.3, 0.4) is 0 Å². The number of sulfone groups is 1. The molecule has 3 heterocycles. The molecule has 0 unspecified atom stereocenters. The van der Waals surface area contributed by atoms with Crippen molar-refractivity contribution in [1.29, 1.82) is 0 Å². The quantitative estimate of drug-likeness (QED) is 0.288. The van der Waals surface area contributed by atoms with E-state index in [1.54, 1.807) is 77.6 Å². The molecule has 0 bridgehead atoms. The van der Waals surface area contributed by atoms with Gasteiger partial charge >= 0.3 is 0 Å². The van der Waals surface area contributed by atoms with Crippen LogP contribution < -0.4 is 11.1 Å². The summed E-state index contributed by atoms with van der Waals surface area (Å²) in [7, 11) is 0.316. The highest BCUT2D eigenvalue weighted by molar-refractivity contribution is 7.91. The minimum absolute atomic E-state index is 0.211. The first kappa shape index (κ1) is 29.1. The maximum absolute atomic E-state index is 12.9. The van der Waals surface area contributed by atoms with Crippen molar-refractivity contribution in [3.05, 3.63) is 120 Å². The average Bonchev–Trinajstić information content (AvgIpc) is 3.45. The number of hydrogen-bond acceptors (Lipinski definition) is 8. The molecule has 3 aromatic heterocycles. The highest BCUT2D eigenvalue weighted by Gasteiger charge is 2.17. The van der Waals surface area contributed by atoms with E-state index in [0.29, 0.717) is 17.0 Å². The molecule has 5 aromatic rings. The van der Waals surface area contributed by atoms with Gasteiger partial charge in [-0.3, -0.25) is 19.0 Å². The highest BCUT2D eigenvalue weighted by Crippen LogP contribution is 2.22. The zero-order valence-electron chi connectivity index (χ0n) is 22.5. The fraction of sp³-hybridized carbons (Fsp3) is 0.138. The molecule has 0 saturated heterocycles. The predicted molar refractivity (Wildman–Crippen MR) is 153 cm³/mol. The Bertz CT molecular complexity index is 1740. The summed E-state index contributed by atoms with van der Waals surface area (Å²) in [6.45, 7) is 1.01. The number of imidazole rings is 1. The van der Waals surface area contributed by atoms with Gasteiger partial charge in [0.15, 0.2) is 0 Å². The summed E-state index contributed by atoms with van der Waals surface area (Å²) in [5.41, 5.74) is 7.46. The van der Waals surface area contributed by atoms with E-state index in [0.717, 1.165) is 17.7 Å². The fourth-order valence-corrected chi connectivity index (χ4v) is 5.05. The number of hydrogen-bond donors (Lipinski definition) is 2. The molecular formula is C29H29N7O4S. The van der Waals surface area contributed by atoms with E-state index in [-0.39, 0.29) is 22.2 Å². The van der Waals surface area contributed by atoms with Crippen molar-refractivity contribution >= 4 is 27.4 Å². The summed E-state index contributed by atoms with van der Waals surface area (Å²) in [4.78, 5) is 37.1. The lowest BCUT2D eigenvalue weighted by Crippen LogP contribution is -2.23. The Kier molecular flexibility index (Phi) is 9.17. The van der Waals surface area contributed by atoms with Gasteiger partial charge in [0.2, 0.25) is 15.6 Å². The molecule has 210 valence electrons. The van der Waals surface area contributed by atoms with Gasteiger partial charge < -0.3 is 16.0 Å². The molecule has 2 amide bonds. The summed E-state index contributed by atoms with van der Waals surface area (Å²) in [6.07, 6.45) is 7.98. The van der Waals surface area contributed by atoms with Crippen molar-refractivity contribution in [2.24, 2.45) is 5.73 Å². The maximum Gasteiger partial charge on any atom is 0.267 e. The van der Waals surface area contributed by atoms with Crippen LogP contribution in [0.2, 0.25) is 0 Å². The molecule has 2 aromatic carbocycles. The highest BCUT2D eigenvalue weighted by atomic mass is 32.2. The van der Waals surface area contributed by atoms with E-state index in [2.05, 4.69) is 20.3 Å². The van der Waals surface area contributed by atoms with Crippen LogP contribution in [0, 0.1) is 0 Å². The number of fused-ring (bicyclic) bond motifs is 1. The van der Waals surface area contributed by atoms with E-state index in [4.69, 9.17) is 5.73 Å². The number of nitrogens with zero attached hydrogens (tertiary/aromatic N) is 5. The molecular weight excluding hydrogens is 542 g/mol. The third-order valence-electron chi connectivity index (χ3n) is 5.84. The summed E-state index contributed by atoms with van der Waals surface area (Å²) < 4.78 is 27.5. The van der Waals surface area contributed by atoms with Crippen LogP contribution in [-0.2, 0) is 22.9 Å². The standard InChI is InChI=1S/C23H23N5O3S.C6H6N2O/c1-27(2)15-18-5-9-21(10-6-18)32(30,31)20-7-3-17(4-8-20)13-25-22(29)19-14-26-23-24-11-12-28(23)16-19;7-6(9)5-3-1-2-4-8-5/h3-12,14,16H,13,15H2,1-2H3,(H,25,29);1-4H,(H2,7,9). The first-order valence-corrected chi connectivity index (χ1v) is 14.0. The average molecular weight is 572 g/mol. The van der Waals surface area contributed by atoms with Crippen molar-refractivity contribution in [3.8, 4) is 0 Å². The zero-order valence-corrected chi connectivity index (χ0v) is 23.3. The molecule has 41 heavy (non-hydrogen) atoms. The number of rotatable bonds is 8. The van der Waals surface area contributed by atoms with Gasteiger partial charge in [-0.15, -0.1) is 0 Å². The third-order valence-corrected chi connectivity index (χ3v) is 7.63. The van der Waals surface area contributed by atoms with Crippen LogP contribution in [-0.4, -0.2) is 58.6 Å². The molecule has 0 atom stereocenters. The molecule has 11 nitrogen and oxygen atoms in total. The summed E-state index contributed by atoms with van der Waals surface area (Å²) in [6, 6.07) is 18.4. The van der Waals surface area contributed by atoms with Gasteiger partial charge in [0.25, 0.3) is 11.8 Å². The Balaban J connectivity index is 0.000000367. The molecule has 0 aliphatic rings. The number of nitrogens with one attached hydrogen (secondary N) is 1. The van der Waals surface area contributed by atoms with Crippen LogP contribution in [0.1, 0.15) is 32.0 Å². The van der Waals surface area contributed by atoms with Crippen molar-refractivity contribution in [3.63, 3.8) is 0 Å². The number of nitrogens with two attached hydrogens (primary N) is 1. The fourth-order valence-electron chi connectivity index (χ4n) is 3.79. The van der Waals surface area contributed by atoms with Crippen molar-refractivity contribution in [2.75, 3.05) is 14.1 Å². The lowest BCUT2D eigenvalue weighted by Gasteiger charge is -2.11. The van der Waals surface area contributed by atoms with Crippen LogP contribution in [0.15, 0.2) is 108 Å². The Labute approximate surface area is 237 Å². The maximum atomic E-state index is 12.9. The van der Waals surface area contributed by atoms with Crippen LogP contribution >= 0.6 is 0 Å². The van der Waals surface area contributed by atoms with E-state index in [1.807, 2.05) is 31.1 Å². The largest absolute Gasteiger partial charge is 0.364 e. The first-order chi connectivity index (χ1) is 19.6. The second-order valence-corrected chi connectivity index (χ2v) is 11.2. The summed E-state index contributed by atoms with van der Waals surface area (Å²) in [5.74, 6) is -0.246. The number of pyridine rings is 1. The SMILES string of the molecule is CN(C)Cc1ccc(S(=O)(=O)c2ccc(CNC(=O)c3cnc4nccn4c3)cc2)cc1.NC(=O)c1ccccn1. The van der Waals surface area contributed by atoms with E-state index in [1.165, 1.54) is 12.4 Å². The number of benzene rings is 2. The smallest absolute Gasteiger partial charge is 0.267 e. The normalized spacial score (nSPS) is 11.1. The van der Waals surface area contributed by atoms with Gasteiger partial charge in [0, 0.05) is 44.1 Å².